The standard InChI is InChI=1S/C15H16BrNOS/c1-18-11-3-2-10-6-7-15(17,13(10)8-11)9-12-4-5-14(16)19-12/h2-5,8H,6-7,9,17H2,1H3. The third-order valence-electron chi connectivity index (χ3n) is 3.81. The molecule has 1 aromatic carbocycles. The zero-order valence-corrected chi connectivity index (χ0v) is 13.2. The van der Waals surface area contributed by atoms with Gasteiger partial charge in [0.15, 0.2) is 0 Å². The minimum absolute atomic E-state index is 0.256. The van der Waals surface area contributed by atoms with E-state index in [1.165, 1.54) is 16.0 Å². The lowest BCUT2D eigenvalue weighted by atomic mass is 9.89. The SMILES string of the molecule is COc1ccc2c(c1)C(N)(Cc1ccc(Br)s1)CC2. The van der Waals surface area contributed by atoms with E-state index < -0.39 is 0 Å². The summed E-state index contributed by atoms with van der Waals surface area (Å²) in [5.41, 5.74) is 9.02. The Morgan fingerprint density at radius 1 is 1.37 bits per heavy atom. The van der Waals surface area contributed by atoms with Crippen LogP contribution in [0.1, 0.15) is 22.4 Å². The first-order chi connectivity index (χ1) is 9.10. The first-order valence-electron chi connectivity index (χ1n) is 6.31. The van der Waals surface area contributed by atoms with Crippen molar-refractivity contribution in [2.24, 2.45) is 5.73 Å². The highest BCUT2D eigenvalue weighted by Gasteiger charge is 2.35. The molecule has 1 aromatic heterocycles. The molecule has 4 heteroatoms. The molecule has 0 saturated carbocycles. The van der Waals surface area contributed by atoms with E-state index in [2.05, 4.69) is 40.2 Å². The highest BCUT2D eigenvalue weighted by Crippen LogP contribution is 2.40. The van der Waals surface area contributed by atoms with Gasteiger partial charge in [-0.1, -0.05) is 6.07 Å². The first-order valence-corrected chi connectivity index (χ1v) is 7.92. The molecule has 100 valence electrons. The summed E-state index contributed by atoms with van der Waals surface area (Å²) in [5, 5.41) is 0. The molecular formula is C15H16BrNOS. The lowest BCUT2D eigenvalue weighted by Gasteiger charge is -2.25. The van der Waals surface area contributed by atoms with Gasteiger partial charge >= 0.3 is 0 Å². The topological polar surface area (TPSA) is 35.2 Å². The maximum absolute atomic E-state index is 6.67. The molecular weight excluding hydrogens is 322 g/mol. The Hall–Kier alpha value is -0.840. The van der Waals surface area contributed by atoms with Crippen LogP contribution in [0.4, 0.5) is 0 Å². The second kappa shape index (κ2) is 4.93. The molecule has 1 atom stereocenters. The summed E-state index contributed by atoms with van der Waals surface area (Å²) in [6, 6.07) is 10.5. The van der Waals surface area contributed by atoms with Gasteiger partial charge in [0.2, 0.25) is 0 Å². The van der Waals surface area contributed by atoms with Crippen LogP contribution in [-0.2, 0) is 18.4 Å². The Bertz CT molecular complexity index is 610. The lowest BCUT2D eigenvalue weighted by molar-refractivity contribution is 0.408. The summed E-state index contributed by atoms with van der Waals surface area (Å²) in [5.74, 6) is 0.892. The number of benzene rings is 1. The molecule has 19 heavy (non-hydrogen) atoms. The number of thiophene rings is 1. The molecule has 2 N–H and O–H groups in total. The van der Waals surface area contributed by atoms with E-state index in [-0.39, 0.29) is 5.54 Å². The van der Waals surface area contributed by atoms with Crippen LogP contribution >= 0.6 is 27.3 Å². The summed E-state index contributed by atoms with van der Waals surface area (Å²) < 4.78 is 6.49. The number of nitrogens with two attached hydrogens (primary N) is 1. The van der Waals surface area contributed by atoms with Crippen LogP contribution in [0.3, 0.4) is 0 Å². The molecule has 2 aromatic rings. The van der Waals surface area contributed by atoms with Crippen molar-refractivity contribution in [3.05, 3.63) is 50.1 Å². The fourth-order valence-electron chi connectivity index (χ4n) is 2.80. The predicted octanol–water partition coefficient (Wildman–Crippen LogP) is 3.86. The summed E-state index contributed by atoms with van der Waals surface area (Å²) in [6.45, 7) is 0. The molecule has 2 nitrogen and oxygen atoms in total. The third kappa shape index (κ3) is 2.45. The quantitative estimate of drug-likeness (QED) is 0.922. The second-order valence-electron chi connectivity index (χ2n) is 5.06. The molecule has 1 heterocycles. The van der Waals surface area contributed by atoms with Crippen molar-refractivity contribution in [2.75, 3.05) is 7.11 Å². The molecule has 0 fully saturated rings. The lowest BCUT2D eigenvalue weighted by Crippen LogP contribution is -2.36. The highest BCUT2D eigenvalue weighted by atomic mass is 79.9. The number of fused-ring (bicyclic) bond motifs is 1. The fourth-order valence-corrected chi connectivity index (χ4v) is 4.41. The van der Waals surface area contributed by atoms with Gasteiger partial charge < -0.3 is 10.5 Å². The largest absolute Gasteiger partial charge is 0.497 e. The summed E-state index contributed by atoms with van der Waals surface area (Å²) in [6.07, 6.45) is 2.96. The molecule has 0 amide bonds. The third-order valence-corrected chi connectivity index (χ3v) is 5.44. The van der Waals surface area contributed by atoms with E-state index in [9.17, 15) is 0 Å². The minimum Gasteiger partial charge on any atom is -0.497 e. The van der Waals surface area contributed by atoms with Gasteiger partial charge in [-0.3, -0.25) is 0 Å². The first kappa shape index (κ1) is 13.2. The minimum atomic E-state index is -0.256. The van der Waals surface area contributed by atoms with E-state index in [1.807, 2.05) is 6.07 Å². The van der Waals surface area contributed by atoms with Gasteiger partial charge in [0.05, 0.1) is 10.9 Å². The summed E-state index contributed by atoms with van der Waals surface area (Å²) in [7, 11) is 1.70. The highest BCUT2D eigenvalue weighted by molar-refractivity contribution is 9.11. The van der Waals surface area contributed by atoms with Gasteiger partial charge in [-0.05, 0) is 64.2 Å². The Morgan fingerprint density at radius 3 is 2.89 bits per heavy atom. The van der Waals surface area contributed by atoms with Crippen LogP contribution in [0.15, 0.2) is 34.1 Å². The van der Waals surface area contributed by atoms with E-state index in [1.54, 1.807) is 18.4 Å². The van der Waals surface area contributed by atoms with Gasteiger partial charge in [0, 0.05) is 16.8 Å². The Kier molecular flexibility index (Phi) is 3.41. The van der Waals surface area contributed by atoms with Crippen LogP contribution in [0.25, 0.3) is 0 Å². The van der Waals surface area contributed by atoms with Crippen molar-refractivity contribution in [2.45, 2.75) is 24.8 Å². The number of methoxy groups -OCH3 is 1. The maximum atomic E-state index is 6.67. The number of ether oxygens (including phenoxy) is 1. The molecule has 0 aliphatic heterocycles. The molecule has 0 bridgehead atoms. The normalized spacial score (nSPS) is 21.4. The summed E-state index contributed by atoms with van der Waals surface area (Å²) >= 11 is 5.27. The second-order valence-corrected chi connectivity index (χ2v) is 7.61. The summed E-state index contributed by atoms with van der Waals surface area (Å²) in [4.78, 5) is 1.32. The molecule has 0 spiro atoms. The number of hydrogen-bond acceptors (Lipinski definition) is 3. The predicted molar refractivity (Wildman–Crippen MR) is 82.9 cm³/mol. The van der Waals surface area contributed by atoms with E-state index in [0.717, 1.165) is 28.8 Å². The zero-order valence-electron chi connectivity index (χ0n) is 10.8. The average Bonchev–Trinajstić information content (AvgIpc) is 2.94. The Labute approximate surface area is 125 Å². The van der Waals surface area contributed by atoms with Crippen molar-refractivity contribution in [3.8, 4) is 5.75 Å². The van der Waals surface area contributed by atoms with Crippen molar-refractivity contribution < 1.29 is 4.74 Å². The van der Waals surface area contributed by atoms with Gasteiger partial charge in [0.1, 0.15) is 5.75 Å². The van der Waals surface area contributed by atoms with Gasteiger partial charge in [0.25, 0.3) is 0 Å². The zero-order chi connectivity index (χ0) is 13.5. The molecule has 1 aliphatic rings. The number of rotatable bonds is 3. The van der Waals surface area contributed by atoms with Crippen molar-refractivity contribution in [1.29, 1.82) is 0 Å². The van der Waals surface area contributed by atoms with Gasteiger partial charge in [-0.25, -0.2) is 0 Å². The van der Waals surface area contributed by atoms with E-state index in [0.29, 0.717) is 0 Å². The van der Waals surface area contributed by atoms with Crippen LogP contribution in [0.2, 0.25) is 0 Å². The maximum Gasteiger partial charge on any atom is 0.119 e. The molecule has 3 rings (SSSR count). The van der Waals surface area contributed by atoms with Gasteiger partial charge in [-0.2, -0.15) is 0 Å². The molecule has 0 radical (unpaired) electrons. The Morgan fingerprint density at radius 2 is 2.21 bits per heavy atom. The van der Waals surface area contributed by atoms with Crippen LogP contribution in [0, 0.1) is 0 Å². The fraction of sp³-hybridized carbons (Fsp3) is 0.333. The van der Waals surface area contributed by atoms with E-state index in [4.69, 9.17) is 10.5 Å². The monoisotopic (exact) mass is 337 g/mol. The number of aryl methyl sites for hydroxylation is 1. The van der Waals surface area contributed by atoms with Crippen molar-refractivity contribution in [3.63, 3.8) is 0 Å². The van der Waals surface area contributed by atoms with Crippen LogP contribution in [-0.4, -0.2) is 7.11 Å². The van der Waals surface area contributed by atoms with Crippen LogP contribution in [0.5, 0.6) is 5.75 Å². The molecule has 1 aliphatic carbocycles. The van der Waals surface area contributed by atoms with Crippen molar-refractivity contribution in [1.82, 2.24) is 0 Å². The Balaban J connectivity index is 1.94. The van der Waals surface area contributed by atoms with Crippen molar-refractivity contribution >= 4 is 27.3 Å². The molecule has 0 saturated heterocycles. The molecule has 1 unspecified atom stereocenters. The average molecular weight is 338 g/mol. The number of hydrogen-bond donors (Lipinski definition) is 1. The number of halogens is 1. The van der Waals surface area contributed by atoms with Crippen LogP contribution < -0.4 is 10.5 Å². The van der Waals surface area contributed by atoms with Gasteiger partial charge in [-0.15, -0.1) is 11.3 Å². The van der Waals surface area contributed by atoms with E-state index >= 15 is 0 Å². The smallest absolute Gasteiger partial charge is 0.119 e.